The molecule has 1 aromatic carbocycles. The lowest BCUT2D eigenvalue weighted by Gasteiger charge is -2.38. The molecule has 2 saturated heterocycles. The predicted molar refractivity (Wildman–Crippen MR) is 86.5 cm³/mol. The van der Waals surface area contributed by atoms with E-state index in [2.05, 4.69) is 12.1 Å². The number of carbonyl (C=O) groups excluding carboxylic acids is 2. The molecule has 0 radical (unpaired) electrons. The number of likely N-dealkylation sites (tertiary alicyclic amines) is 2. The van der Waals surface area contributed by atoms with Crippen molar-refractivity contribution in [2.45, 2.75) is 44.2 Å². The molecule has 2 aliphatic heterocycles. The van der Waals surface area contributed by atoms with Crippen molar-refractivity contribution in [2.75, 3.05) is 19.7 Å². The molecule has 1 unspecified atom stereocenters. The molecular formula is C18H24N2O3. The van der Waals surface area contributed by atoms with Gasteiger partial charge < -0.3 is 14.9 Å². The molecule has 2 amide bonds. The van der Waals surface area contributed by atoms with Crippen molar-refractivity contribution in [3.63, 3.8) is 0 Å². The number of carbonyl (C=O) groups is 2. The second-order valence-corrected chi connectivity index (χ2v) is 6.58. The topological polar surface area (TPSA) is 60.9 Å². The van der Waals surface area contributed by atoms with Crippen LogP contribution in [0.2, 0.25) is 0 Å². The minimum absolute atomic E-state index is 0.128. The Balaban J connectivity index is 1.76. The number of amides is 2. The van der Waals surface area contributed by atoms with E-state index >= 15 is 0 Å². The van der Waals surface area contributed by atoms with Gasteiger partial charge in [-0.15, -0.1) is 0 Å². The van der Waals surface area contributed by atoms with Crippen LogP contribution in [-0.2, 0) is 16.1 Å². The van der Waals surface area contributed by atoms with Crippen molar-refractivity contribution in [1.82, 2.24) is 9.80 Å². The SMILES string of the molecule is O=C(CO)N1CCCC2(CCC(=O)N2Cc2ccccc2)CC1. The minimum atomic E-state index is -0.431. The number of hydrogen-bond acceptors (Lipinski definition) is 3. The van der Waals surface area contributed by atoms with Gasteiger partial charge in [-0.25, -0.2) is 0 Å². The smallest absolute Gasteiger partial charge is 0.248 e. The molecule has 1 N–H and O–H groups in total. The number of aliphatic hydroxyl groups is 1. The van der Waals surface area contributed by atoms with Crippen LogP contribution in [0, 0.1) is 0 Å². The lowest BCUT2D eigenvalue weighted by atomic mass is 9.87. The maximum Gasteiger partial charge on any atom is 0.248 e. The molecule has 1 aromatic rings. The van der Waals surface area contributed by atoms with Crippen LogP contribution in [-0.4, -0.2) is 52.0 Å². The molecule has 23 heavy (non-hydrogen) atoms. The zero-order valence-corrected chi connectivity index (χ0v) is 13.4. The number of aliphatic hydroxyl groups excluding tert-OH is 1. The average Bonchev–Trinajstić information content (AvgIpc) is 2.77. The molecule has 5 nitrogen and oxygen atoms in total. The van der Waals surface area contributed by atoms with Gasteiger partial charge in [0.2, 0.25) is 11.8 Å². The zero-order valence-electron chi connectivity index (χ0n) is 13.4. The summed E-state index contributed by atoms with van der Waals surface area (Å²) in [6.45, 7) is 1.51. The highest BCUT2D eigenvalue weighted by Crippen LogP contribution is 2.40. The number of rotatable bonds is 3. The highest BCUT2D eigenvalue weighted by Gasteiger charge is 2.45. The van der Waals surface area contributed by atoms with E-state index < -0.39 is 6.61 Å². The molecule has 2 heterocycles. The van der Waals surface area contributed by atoms with Gasteiger partial charge in [0.15, 0.2) is 0 Å². The van der Waals surface area contributed by atoms with Gasteiger partial charge in [0.05, 0.1) is 0 Å². The van der Waals surface area contributed by atoms with Crippen molar-refractivity contribution >= 4 is 11.8 Å². The maximum atomic E-state index is 12.4. The van der Waals surface area contributed by atoms with Gasteiger partial charge in [-0.2, -0.15) is 0 Å². The van der Waals surface area contributed by atoms with Gasteiger partial charge in [0.1, 0.15) is 6.61 Å². The van der Waals surface area contributed by atoms with E-state index in [4.69, 9.17) is 5.11 Å². The van der Waals surface area contributed by atoms with Gasteiger partial charge in [-0.3, -0.25) is 9.59 Å². The van der Waals surface area contributed by atoms with Crippen LogP contribution in [0.5, 0.6) is 0 Å². The monoisotopic (exact) mass is 316 g/mol. The van der Waals surface area contributed by atoms with E-state index in [1.165, 1.54) is 0 Å². The third-order valence-electron chi connectivity index (χ3n) is 5.27. The normalized spacial score (nSPS) is 25.0. The molecule has 3 rings (SSSR count). The van der Waals surface area contributed by atoms with E-state index in [1.807, 2.05) is 23.1 Å². The summed E-state index contributed by atoms with van der Waals surface area (Å²) in [6.07, 6.45) is 4.09. The summed E-state index contributed by atoms with van der Waals surface area (Å²) >= 11 is 0. The summed E-state index contributed by atoms with van der Waals surface area (Å²) in [4.78, 5) is 28.0. The van der Waals surface area contributed by atoms with Gasteiger partial charge in [-0.05, 0) is 31.2 Å². The third-order valence-corrected chi connectivity index (χ3v) is 5.27. The second-order valence-electron chi connectivity index (χ2n) is 6.58. The van der Waals surface area contributed by atoms with Crippen LogP contribution in [0.25, 0.3) is 0 Å². The summed E-state index contributed by atoms with van der Waals surface area (Å²) in [7, 11) is 0. The lowest BCUT2D eigenvalue weighted by Crippen LogP contribution is -2.46. The zero-order chi connectivity index (χ0) is 16.3. The first-order valence-electron chi connectivity index (χ1n) is 8.38. The Bertz CT molecular complexity index is 575. The van der Waals surface area contributed by atoms with Crippen LogP contribution >= 0.6 is 0 Å². The number of hydrogen-bond donors (Lipinski definition) is 1. The first-order valence-corrected chi connectivity index (χ1v) is 8.38. The quantitative estimate of drug-likeness (QED) is 0.920. The summed E-state index contributed by atoms with van der Waals surface area (Å²) in [6, 6.07) is 10.1. The fraction of sp³-hybridized carbons (Fsp3) is 0.556. The Kier molecular flexibility index (Phi) is 4.66. The molecule has 2 fully saturated rings. The fourth-order valence-electron chi connectivity index (χ4n) is 3.94. The predicted octanol–water partition coefficient (Wildman–Crippen LogP) is 1.55. The minimum Gasteiger partial charge on any atom is -0.387 e. The Hall–Kier alpha value is -1.88. The molecule has 1 atom stereocenters. The highest BCUT2D eigenvalue weighted by molar-refractivity contribution is 5.80. The van der Waals surface area contributed by atoms with Crippen LogP contribution in [0.3, 0.4) is 0 Å². The average molecular weight is 316 g/mol. The molecule has 0 aromatic heterocycles. The van der Waals surface area contributed by atoms with Gasteiger partial charge >= 0.3 is 0 Å². The summed E-state index contributed by atoms with van der Waals surface area (Å²) in [5.41, 5.74) is 1.02. The van der Waals surface area contributed by atoms with Crippen LogP contribution in [0.15, 0.2) is 30.3 Å². The molecule has 2 aliphatic rings. The fourth-order valence-corrected chi connectivity index (χ4v) is 3.94. The van der Waals surface area contributed by atoms with Crippen molar-refractivity contribution in [3.05, 3.63) is 35.9 Å². The molecule has 124 valence electrons. The van der Waals surface area contributed by atoms with Crippen molar-refractivity contribution in [1.29, 1.82) is 0 Å². The number of nitrogens with zero attached hydrogens (tertiary/aromatic N) is 2. The van der Waals surface area contributed by atoms with Gasteiger partial charge in [0.25, 0.3) is 0 Å². The molecule has 0 bridgehead atoms. The maximum absolute atomic E-state index is 12.4. The Labute approximate surface area is 136 Å². The Morgan fingerprint density at radius 2 is 1.91 bits per heavy atom. The van der Waals surface area contributed by atoms with E-state index in [0.29, 0.717) is 26.1 Å². The van der Waals surface area contributed by atoms with Crippen LogP contribution < -0.4 is 0 Å². The largest absolute Gasteiger partial charge is 0.387 e. The molecule has 0 saturated carbocycles. The van der Waals surface area contributed by atoms with Crippen molar-refractivity contribution in [3.8, 4) is 0 Å². The van der Waals surface area contributed by atoms with Gasteiger partial charge in [0, 0.05) is 31.6 Å². The summed E-state index contributed by atoms with van der Waals surface area (Å²) in [5.74, 6) is 0.0109. The van der Waals surface area contributed by atoms with Crippen LogP contribution in [0.4, 0.5) is 0 Å². The first-order chi connectivity index (χ1) is 11.1. The standard InChI is InChI=1S/C18H24N2O3/c21-14-17(23)19-11-4-8-18(10-12-19)9-7-16(22)20(18)13-15-5-2-1-3-6-15/h1-3,5-6,21H,4,7-14H2. The lowest BCUT2D eigenvalue weighted by molar-refractivity contribution is -0.134. The summed E-state index contributed by atoms with van der Waals surface area (Å²) in [5, 5.41) is 9.07. The highest BCUT2D eigenvalue weighted by atomic mass is 16.3. The van der Waals surface area contributed by atoms with E-state index in [1.54, 1.807) is 4.90 Å². The number of benzene rings is 1. The second kappa shape index (κ2) is 6.71. The van der Waals surface area contributed by atoms with Gasteiger partial charge in [-0.1, -0.05) is 30.3 Å². The Morgan fingerprint density at radius 1 is 1.13 bits per heavy atom. The van der Waals surface area contributed by atoms with Crippen molar-refractivity contribution < 1.29 is 14.7 Å². The molecular weight excluding hydrogens is 292 g/mol. The third kappa shape index (κ3) is 3.24. The molecule has 1 spiro atoms. The summed E-state index contributed by atoms with van der Waals surface area (Å²) < 4.78 is 0. The molecule has 5 heteroatoms. The van der Waals surface area contributed by atoms with E-state index in [-0.39, 0.29) is 17.4 Å². The first kappa shape index (κ1) is 16.0. The van der Waals surface area contributed by atoms with E-state index in [9.17, 15) is 9.59 Å². The van der Waals surface area contributed by atoms with E-state index in [0.717, 1.165) is 31.2 Å². The molecule has 0 aliphatic carbocycles. The van der Waals surface area contributed by atoms with Crippen molar-refractivity contribution in [2.24, 2.45) is 0 Å². The Morgan fingerprint density at radius 3 is 2.65 bits per heavy atom. The van der Waals surface area contributed by atoms with Crippen LogP contribution in [0.1, 0.15) is 37.7 Å².